The van der Waals surface area contributed by atoms with Gasteiger partial charge < -0.3 is 10.4 Å². The number of carbonyl (C=O) groups excluding carboxylic acids is 1. The van der Waals surface area contributed by atoms with Crippen molar-refractivity contribution in [1.82, 2.24) is 5.32 Å². The molecule has 2 aromatic rings. The maximum absolute atomic E-state index is 12.3. The lowest BCUT2D eigenvalue weighted by atomic mass is 10.1. The Kier molecular flexibility index (Phi) is 3.70. The number of carbonyl (C=O) groups is 2. The van der Waals surface area contributed by atoms with Crippen LogP contribution in [-0.2, 0) is 4.79 Å². The van der Waals surface area contributed by atoms with Gasteiger partial charge in [-0.15, -0.1) is 11.3 Å². The first kappa shape index (κ1) is 15.1. The molecular weight excluding hydrogens is 322 g/mol. The van der Waals surface area contributed by atoms with Gasteiger partial charge in [-0.2, -0.15) is 0 Å². The fourth-order valence-electron chi connectivity index (χ4n) is 2.31. The van der Waals surface area contributed by atoms with Crippen LogP contribution in [0.4, 0.5) is 0 Å². The lowest BCUT2D eigenvalue weighted by molar-refractivity contribution is -0.140. The molecule has 6 heteroatoms. The predicted octanol–water partition coefficient (Wildman–Crippen LogP) is 3.72. The second-order valence-corrected chi connectivity index (χ2v) is 6.96. The highest BCUT2D eigenvalue weighted by Gasteiger charge is 2.51. The Morgan fingerprint density at radius 3 is 2.64 bits per heavy atom. The van der Waals surface area contributed by atoms with E-state index in [-0.39, 0.29) is 5.91 Å². The molecule has 0 aliphatic heterocycles. The Bertz CT molecular complexity index is 765. The zero-order valence-electron chi connectivity index (χ0n) is 11.9. The van der Waals surface area contributed by atoms with E-state index < -0.39 is 11.5 Å². The second kappa shape index (κ2) is 5.41. The summed E-state index contributed by atoms with van der Waals surface area (Å²) in [6.45, 7) is 1.92. The third-order valence-corrected chi connectivity index (χ3v) is 5.26. The highest BCUT2D eigenvalue weighted by atomic mass is 35.5. The van der Waals surface area contributed by atoms with E-state index in [1.54, 1.807) is 12.1 Å². The molecule has 1 aromatic heterocycles. The number of benzene rings is 1. The smallest absolute Gasteiger partial charge is 0.329 e. The zero-order chi connectivity index (χ0) is 15.9. The first-order chi connectivity index (χ1) is 10.4. The number of hydrogen-bond donors (Lipinski definition) is 2. The Morgan fingerprint density at radius 2 is 2.05 bits per heavy atom. The maximum Gasteiger partial charge on any atom is 0.329 e. The fraction of sp³-hybridized carbons (Fsp3) is 0.250. The van der Waals surface area contributed by atoms with Crippen molar-refractivity contribution in [2.75, 3.05) is 0 Å². The molecule has 1 heterocycles. The fourth-order valence-corrected chi connectivity index (χ4v) is 3.56. The van der Waals surface area contributed by atoms with Crippen LogP contribution in [0.5, 0.6) is 0 Å². The molecule has 0 unspecified atom stereocenters. The molecule has 0 saturated heterocycles. The molecule has 114 valence electrons. The summed E-state index contributed by atoms with van der Waals surface area (Å²) < 4.78 is 0. The van der Waals surface area contributed by atoms with Gasteiger partial charge in [0.25, 0.3) is 5.91 Å². The van der Waals surface area contributed by atoms with Crippen LogP contribution in [0.25, 0.3) is 10.4 Å². The van der Waals surface area contributed by atoms with Gasteiger partial charge in [-0.1, -0.05) is 23.7 Å². The Labute approximate surface area is 136 Å². The first-order valence-corrected chi connectivity index (χ1v) is 8.03. The van der Waals surface area contributed by atoms with Crippen LogP contribution in [-0.4, -0.2) is 22.5 Å². The zero-order valence-corrected chi connectivity index (χ0v) is 13.4. The summed E-state index contributed by atoms with van der Waals surface area (Å²) in [6.07, 6.45) is 0.971. The quantitative estimate of drug-likeness (QED) is 0.894. The average molecular weight is 336 g/mol. The van der Waals surface area contributed by atoms with Gasteiger partial charge in [0.05, 0.1) is 4.88 Å². The molecule has 0 bridgehead atoms. The molecule has 2 N–H and O–H groups in total. The van der Waals surface area contributed by atoms with Crippen LogP contribution in [0.3, 0.4) is 0 Å². The highest BCUT2D eigenvalue weighted by Crippen LogP contribution is 2.37. The van der Waals surface area contributed by atoms with Crippen molar-refractivity contribution in [2.24, 2.45) is 0 Å². The van der Waals surface area contributed by atoms with Gasteiger partial charge in [0, 0.05) is 9.90 Å². The van der Waals surface area contributed by atoms with Crippen molar-refractivity contribution in [2.45, 2.75) is 25.3 Å². The molecule has 1 aromatic carbocycles. The van der Waals surface area contributed by atoms with E-state index in [0.717, 1.165) is 16.0 Å². The molecule has 1 fully saturated rings. The second-order valence-electron chi connectivity index (χ2n) is 5.47. The number of halogens is 1. The van der Waals surface area contributed by atoms with Crippen molar-refractivity contribution in [3.05, 3.63) is 45.8 Å². The van der Waals surface area contributed by atoms with Crippen LogP contribution in [0, 0.1) is 6.92 Å². The predicted molar refractivity (Wildman–Crippen MR) is 86.6 cm³/mol. The average Bonchev–Trinajstić information content (AvgIpc) is 3.14. The number of aryl methyl sites for hydroxylation is 1. The minimum absolute atomic E-state index is 0.332. The van der Waals surface area contributed by atoms with Gasteiger partial charge in [0.2, 0.25) is 0 Å². The normalized spacial score (nSPS) is 15.4. The Hall–Kier alpha value is -1.85. The van der Waals surface area contributed by atoms with Gasteiger partial charge in [-0.25, -0.2) is 4.79 Å². The third-order valence-electron chi connectivity index (χ3n) is 3.74. The number of amides is 1. The number of rotatable bonds is 4. The molecule has 3 rings (SSSR count). The minimum Gasteiger partial charge on any atom is -0.480 e. The number of thiophene rings is 1. The van der Waals surface area contributed by atoms with Crippen LogP contribution in [0.1, 0.15) is 28.1 Å². The van der Waals surface area contributed by atoms with Gasteiger partial charge in [-0.05, 0) is 49.1 Å². The molecule has 0 spiro atoms. The van der Waals surface area contributed by atoms with Crippen LogP contribution in [0.15, 0.2) is 30.3 Å². The molecule has 1 amide bonds. The minimum atomic E-state index is -1.06. The summed E-state index contributed by atoms with van der Waals surface area (Å²) in [4.78, 5) is 24.9. The van der Waals surface area contributed by atoms with E-state index in [1.165, 1.54) is 11.3 Å². The summed E-state index contributed by atoms with van der Waals surface area (Å²) in [5, 5.41) is 12.4. The van der Waals surface area contributed by atoms with Crippen LogP contribution >= 0.6 is 22.9 Å². The van der Waals surface area contributed by atoms with Gasteiger partial charge >= 0.3 is 5.97 Å². The Morgan fingerprint density at radius 1 is 1.32 bits per heavy atom. The molecule has 0 radical (unpaired) electrons. The molecule has 0 atom stereocenters. The van der Waals surface area contributed by atoms with E-state index in [2.05, 4.69) is 5.32 Å². The molecule has 4 nitrogen and oxygen atoms in total. The standard InChI is InChI=1S/C16H14ClNO3S/c1-9-7-12(14(19)18-16(5-6-16)15(20)21)22-13(9)10-3-2-4-11(17)8-10/h2-4,7-8H,5-6H2,1H3,(H,18,19)(H,20,21). The molecule has 1 aliphatic rings. The SMILES string of the molecule is Cc1cc(C(=O)NC2(C(=O)O)CC2)sc1-c1cccc(Cl)c1. The first-order valence-electron chi connectivity index (χ1n) is 6.83. The molecular formula is C16H14ClNO3S. The summed E-state index contributed by atoms with van der Waals surface area (Å²) >= 11 is 7.35. The van der Waals surface area contributed by atoms with E-state index in [1.807, 2.05) is 25.1 Å². The number of hydrogen-bond acceptors (Lipinski definition) is 3. The molecule has 1 saturated carbocycles. The largest absolute Gasteiger partial charge is 0.480 e. The molecule has 1 aliphatic carbocycles. The third kappa shape index (κ3) is 2.74. The van der Waals surface area contributed by atoms with E-state index >= 15 is 0 Å². The van der Waals surface area contributed by atoms with E-state index in [9.17, 15) is 9.59 Å². The van der Waals surface area contributed by atoms with Crippen LogP contribution in [0.2, 0.25) is 5.02 Å². The maximum atomic E-state index is 12.3. The van der Waals surface area contributed by atoms with Crippen molar-refractivity contribution < 1.29 is 14.7 Å². The van der Waals surface area contributed by atoms with Gasteiger partial charge in [-0.3, -0.25) is 4.79 Å². The van der Waals surface area contributed by atoms with Crippen molar-refractivity contribution in [3.8, 4) is 10.4 Å². The lowest BCUT2D eigenvalue weighted by Gasteiger charge is -2.10. The number of aliphatic carboxylic acids is 1. The molecule has 22 heavy (non-hydrogen) atoms. The topological polar surface area (TPSA) is 66.4 Å². The van der Waals surface area contributed by atoms with Crippen molar-refractivity contribution >= 4 is 34.8 Å². The summed E-state index contributed by atoms with van der Waals surface area (Å²) in [7, 11) is 0. The number of carboxylic acid groups (broad SMARTS) is 1. The van der Waals surface area contributed by atoms with Gasteiger partial charge in [0.1, 0.15) is 5.54 Å². The van der Waals surface area contributed by atoms with E-state index in [4.69, 9.17) is 16.7 Å². The summed E-state index contributed by atoms with van der Waals surface area (Å²) in [6, 6.07) is 9.23. The van der Waals surface area contributed by atoms with Gasteiger partial charge in [0.15, 0.2) is 0 Å². The lowest BCUT2D eigenvalue weighted by Crippen LogP contribution is -2.42. The number of carboxylic acids is 1. The highest BCUT2D eigenvalue weighted by molar-refractivity contribution is 7.17. The van der Waals surface area contributed by atoms with Crippen molar-refractivity contribution in [3.63, 3.8) is 0 Å². The monoisotopic (exact) mass is 335 g/mol. The van der Waals surface area contributed by atoms with Crippen molar-refractivity contribution in [1.29, 1.82) is 0 Å². The number of nitrogens with one attached hydrogen (secondary N) is 1. The summed E-state index contributed by atoms with van der Waals surface area (Å²) in [5.74, 6) is -1.30. The summed E-state index contributed by atoms with van der Waals surface area (Å²) in [5.41, 5.74) is 0.858. The van der Waals surface area contributed by atoms with E-state index in [0.29, 0.717) is 22.7 Å². The van der Waals surface area contributed by atoms with Crippen LogP contribution < -0.4 is 5.32 Å². The Balaban J connectivity index is 1.86.